The Morgan fingerprint density at radius 1 is 0.571 bits per heavy atom. The first-order valence-electron chi connectivity index (χ1n) is 18.4. The maximum absolute atomic E-state index is 5.28. The molecule has 0 aliphatic heterocycles. The van der Waals surface area contributed by atoms with Gasteiger partial charge in [-0.3, -0.25) is 16.3 Å². The molecule has 0 amide bonds. The van der Waals surface area contributed by atoms with Crippen LogP contribution in [-0.4, -0.2) is 14.5 Å². The summed E-state index contributed by atoms with van der Waals surface area (Å²) in [6.45, 7) is 0. The number of hydrogen-bond acceptors (Lipinski definition) is 3. The number of benzene rings is 7. The van der Waals surface area contributed by atoms with Crippen molar-refractivity contribution in [2.24, 2.45) is 0 Å². The van der Waals surface area contributed by atoms with Crippen molar-refractivity contribution in [2.45, 2.75) is 6.42 Å². The summed E-state index contributed by atoms with van der Waals surface area (Å²) in [6, 6.07) is 70.6. The normalized spacial score (nSPS) is 10.8. The Balaban J connectivity index is 0.000000290. The van der Waals surface area contributed by atoms with Crippen LogP contribution in [0.2, 0.25) is 0 Å². The van der Waals surface area contributed by atoms with Crippen LogP contribution in [0.15, 0.2) is 200 Å². The molecule has 0 unspecified atom stereocenters. The van der Waals surface area contributed by atoms with Crippen molar-refractivity contribution in [3.05, 3.63) is 223 Å². The minimum Gasteiger partial charge on any atom is -0.332 e. The molecule has 3 heterocycles. The molecule has 0 aliphatic carbocycles. The Bertz CT molecular complexity index is 2720. The minimum absolute atomic E-state index is 0. The maximum atomic E-state index is 5.28. The van der Waals surface area contributed by atoms with Gasteiger partial charge in [0.05, 0.1) is 22.5 Å². The number of thiophene rings is 1. The van der Waals surface area contributed by atoms with E-state index in [9.17, 15) is 0 Å². The molecule has 56 heavy (non-hydrogen) atoms. The van der Waals surface area contributed by atoms with Gasteiger partial charge in [0.15, 0.2) is 0 Å². The second-order valence-electron chi connectivity index (χ2n) is 13.3. The number of imidazole rings is 1. The van der Waals surface area contributed by atoms with Crippen LogP contribution in [0.25, 0.3) is 71.7 Å². The predicted molar refractivity (Wildman–Crippen MR) is 229 cm³/mol. The van der Waals surface area contributed by atoms with Crippen molar-refractivity contribution >= 4 is 32.5 Å². The Kier molecular flexibility index (Phi) is 11.2. The first-order chi connectivity index (χ1) is 27.3. The van der Waals surface area contributed by atoms with Gasteiger partial charge in [-0.1, -0.05) is 167 Å². The third-order valence-corrected chi connectivity index (χ3v) is 10.6. The van der Waals surface area contributed by atoms with Gasteiger partial charge in [0.25, 0.3) is 0 Å². The fraction of sp³-hybridized carbons (Fsp3) is 0.0196. The molecular formula is C51H35IrN3S-2. The van der Waals surface area contributed by atoms with Crippen molar-refractivity contribution in [1.82, 2.24) is 14.5 Å². The molecule has 0 bridgehead atoms. The molecule has 0 aliphatic rings. The SMILES string of the molecule is [Ir].[c-]1ccccc1-c1ccccn1.[c-]1sc2cc(Cc3ccccc3)ccc2c1-c1nc2ccccc2n1-c1c(-c2ccccc2)cccc1-c1ccccc1. The molecule has 271 valence electrons. The fourth-order valence-corrected chi connectivity index (χ4v) is 8.01. The number of nitrogens with zero attached hydrogens (tertiary/aromatic N) is 3. The van der Waals surface area contributed by atoms with Crippen LogP contribution < -0.4 is 0 Å². The third kappa shape index (κ3) is 7.66. The van der Waals surface area contributed by atoms with E-state index in [1.54, 1.807) is 17.5 Å². The standard InChI is InChI=1S/C40H27N2S.C11H8N.Ir/c1-4-13-28(14-5-1)25-29-23-24-34-35(27-43-38(34)26-29)40-41-36-21-10-11-22-37(36)42(40)39-32(30-15-6-2-7-16-30)19-12-20-33(39)31-17-8-3-9-18-31;1-2-6-10(7-3-1)11-8-4-5-9-12-11;/h1-24,26H,25H2;1-6,8-9H;/q2*-1;. The van der Waals surface area contributed by atoms with Gasteiger partial charge in [0.1, 0.15) is 0 Å². The predicted octanol–water partition coefficient (Wildman–Crippen LogP) is 13.2. The van der Waals surface area contributed by atoms with E-state index >= 15 is 0 Å². The Hall–Kier alpha value is -6.23. The first-order valence-corrected chi connectivity index (χ1v) is 19.2. The number of pyridine rings is 1. The molecule has 3 aromatic heterocycles. The van der Waals surface area contributed by atoms with E-state index in [2.05, 4.69) is 173 Å². The van der Waals surface area contributed by atoms with E-state index < -0.39 is 0 Å². The average Bonchev–Trinajstić information content (AvgIpc) is 3.86. The Morgan fingerprint density at radius 3 is 1.91 bits per heavy atom. The van der Waals surface area contributed by atoms with Crippen molar-refractivity contribution in [3.63, 3.8) is 0 Å². The Morgan fingerprint density at radius 2 is 1.23 bits per heavy atom. The largest absolute Gasteiger partial charge is 0.332 e. The second kappa shape index (κ2) is 17.1. The summed E-state index contributed by atoms with van der Waals surface area (Å²) in [5, 5.41) is 4.85. The molecule has 0 spiro atoms. The quantitative estimate of drug-likeness (QED) is 0.149. The van der Waals surface area contributed by atoms with Crippen LogP contribution in [0.3, 0.4) is 0 Å². The minimum atomic E-state index is 0. The van der Waals surface area contributed by atoms with Gasteiger partial charge >= 0.3 is 0 Å². The van der Waals surface area contributed by atoms with Crippen molar-refractivity contribution in [1.29, 1.82) is 0 Å². The molecule has 1 radical (unpaired) electrons. The van der Waals surface area contributed by atoms with Gasteiger partial charge in [0.2, 0.25) is 0 Å². The van der Waals surface area contributed by atoms with Gasteiger partial charge in [-0.2, -0.15) is 0 Å². The van der Waals surface area contributed by atoms with Crippen LogP contribution in [-0.2, 0) is 26.5 Å². The molecule has 3 nitrogen and oxygen atoms in total. The molecule has 10 aromatic rings. The van der Waals surface area contributed by atoms with E-state index in [-0.39, 0.29) is 20.1 Å². The molecule has 0 atom stereocenters. The van der Waals surface area contributed by atoms with Crippen molar-refractivity contribution in [2.75, 3.05) is 0 Å². The molecule has 0 saturated carbocycles. The van der Waals surface area contributed by atoms with Gasteiger partial charge in [-0.05, 0) is 47.0 Å². The van der Waals surface area contributed by atoms with Crippen LogP contribution in [0, 0.1) is 11.4 Å². The van der Waals surface area contributed by atoms with Gasteiger partial charge < -0.3 is 9.55 Å². The molecule has 10 rings (SSSR count). The summed E-state index contributed by atoms with van der Waals surface area (Å²) < 4.78 is 3.58. The number of hydrogen-bond donors (Lipinski definition) is 0. The van der Waals surface area contributed by atoms with Gasteiger partial charge in [-0.15, -0.1) is 47.3 Å². The Labute approximate surface area is 345 Å². The molecular weight excluding hydrogens is 879 g/mol. The van der Waals surface area contributed by atoms with Crippen LogP contribution in [0.5, 0.6) is 0 Å². The third-order valence-electron chi connectivity index (χ3n) is 9.69. The maximum Gasteiger partial charge on any atom is 0.0774 e. The summed E-state index contributed by atoms with van der Waals surface area (Å²) in [7, 11) is 0. The van der Waals surface area contributed by atoms with Crippen molar-refractivity contribution < 1.29 is 20.1 Å². The summed E-state index contributed by atoms with van der Waals surface area (Å²) >= 11 is 1.67. The molecule has 7 aromatic carbocycles. The summed E-state index contributed by atoms with van der Waals surface area (Å²) in [4.78, 5) is 9.50. The van der Waals surface area contributed by atoms with Crippen LogP contribution in [0.1, 0.15) is 11.1 Å². The molecule has 0 fully saturated rings. The van der Waals surface area contributed by atoms with E-state index in [1.807, 2.05) is 42.5 Å². The average molecular weight is 914 g/mol. The number of fused-ring (bicyclic) bond motifs is 2. The number of para-hydroxylation sites is 3. The fourth-order valence-electron chi connectivity index (χ4n) is 7.11. The van der Waals surface area contributed by atoms with Crippen LogP contribution in [0.4, 0.5) is 0 Å². The second-order valence-corrected chi connectivity index (χ2v) is 14.1. The monoisotopic (exact) mass is 914 g/mol. The molecule has 0 saturated heterocycles. The van der Waals surface area contributed by atoms with E-state index in [1.165, 1.54) is 32.3 Å². The van der Waals surface area contributed by atoms with Gasteiger partial charge in [-0.25, -0.2) is 0 Å². The van der Waals surface area contributed by atoms with Crippen LogP contribution >= 0.6 is 11.3 Å². The summed E-state index contributed by atoms with van der Waals surface area (Å²) in [5.74, 6) is 0.906. The van der Waals surface area contributed by atoms with E-state index in [0.717, 1.165) is 56.9 Å². The van der Waals surface area contributed by atoms with E-state index in [4.69, 9.17) is 4.98 Å². The van der Waals surface area contributed by atoms with Gasteiger partial charge in [0, 0.05) is 37.4 Å². The number of aromatic nitrogens is 3. The van der Waals surface area contributed by atoms with E-state index in [0.29, 0.717) is 0 Å². The zero-order valence-electron chi connectivity index (χ0n) is 30.3. The van der Waals surface area contributed by atoms with Crippen molar-refractivity contribution in [3.8, 4) is 50.6 Å². The molecule has 5 heteroatoms. The number of rotatable bonds is 7. The zero-order chi connectivity index (χ0) is 36.8. The molecule has 0 N–H and O–H groups in total. The topological polar surface area (TPSA) is 30.7 Å². The summed E-state index contributed by atoms with van der Waals surface area (Å²) in [6.07, 6.45) is 2.70. The smallest absolute Gasteiger partial charge is 0.0774 e. The zero-order valence-corrected chi connectivity index (χ0v) is 33.6. The first kappa shape index (κ1) is 36.7. The summed E-state index contributed by atoms with van der Waals surface area (Å²) in [5.41, 5.74) is 13.5.